The Bertz CT molecular complexity index is 941. The molecule has 0 radical (unpaired) electrons. The molecule has 0 fully saturated rings. The van der Waals surface area contributed by atoms with Crippen LogP contribution in [-0.2, 0) is 17.8 Å². The molecule has 0 atom stereocenters. The lowest BCUT2D eigenvalue weighted by Gasteiger charge is -2.11. The fourth-order valence-electron chi connectivity index (χ4n) is 2.87. The van der Waals surface area contributed by atoms with Crippen molar-refractivity contribution in [3.8, 4) is 0 Å². The molecule has 1 amide bonds. The van der Waals surface area contributed by atoms with Gasteiger partial charge in [0.15, 0.2) is 10.8 Å². The third kappa shape index (κ3) is 5.93. The topological polar surface area (TPSA) is 84.7 Å². The van der Waals surface area contributed by atoms with E-state index in [0.29, 0.717) is 25.4 Å². The summed E-state index contributed by atoms with van der Waals surface area (Å²) < 4.78 is 1.83. The number of anilines is 1. The lowest BCUT2D eigenvalue weighted by atomic mass is 10.1. The molecule has 0 spiro atoms. The number of nitrogens with zero attached hydrogens (tertiary/aromatic N) is 4. The van der Waals surface area contributed by atoms with Gasteiger partial charge in [0.05, 0.1) is 24.5 Å². The summed E-state index contributed by atoms with van der Waals surface area (Å²) in [4.78, 5) is 21.5. The van der Waals surface area contributed by atoms with Crippen LogP contribution in [0.25, 0.3) is 11.0 Å². The molecule has 0 saturated heterocycles. The van der Waals surface area contributed by atoms with Gasteiger partial charge in [-0.15, -0.1) is 0 Å². The molecular formula is C21H28N6OS. The molecule has 0 aliphatic heterocycles. The minimum Gasteiger partial charge on any atom is -0.369 e. The Balaban J connectivity index is 1.68. The summed E-state index contributed by atoms with van der Waals surface area (Å²) in [6.45, 7) is 8.30. The maximum Gasteiger partial charge on any atom is 0.224 e. The number of carbonyl (C=O) groups excluding carboxylic acids is 1. The molecule has 0 unspecified atom stereocenters. The van der Waals surface area contributed by atoms with Gasteiger partial charge in [-0.25, -0.2) is 14.6 Å². The summed E-state index contributed by atoms with van der Waals surface area (Å²) in [5, 5.41) is 12.5. The lowest BCUT2D eigenvalue weighted by molar-refractivity contribution is -0.120. The lowest BCUT2D eigenvalue weighted by Crippen LogP contribution is -2.28. The highest BCUT2D eigenvalue weighted by Gasteiger charge is 2.13. The first-order chi connectivity index (χ1) is 14.1. The van der Waals surface area contributed by atoms with Crippen molar-refractivity contribution < 1.29 is 4.79 Å². The molecule has 0 aliphatic rings. The zero-order valence-corrected chi connectivity index (χ0v) is 18.0. The van der Waals surface area contributed by atoms with E-state index in [1.165, 1.54) is 0 Å². The number of nitrogens with one attached hydrogen (secondary N) is 2. The van der Waals surface area contributed by atoms with E-state index in [4.69, 9.17) is 0 Å². The van der Waals surface area contributed by atoms with Crippen LogP contribution in [0.4, 0.5) is 5.82 Å². The van der Waals surface area contributed by atoms with Crippen LogP contribution in [0.1, 0.15) is 26.3 Å². The molecule has 29 heavy (non-hydrogen) atoms. The van der Waals surface area contributed by atoms with Crippen molar-refractivity contribution in [3.63, 3.8) is 0 Å². The molecule has 8 heteroatoms. The first-order valence-corrected chi connectivity index (χ1v) is 11.0. The summed E-state index contributed by atoms with van der Waals surface area (Å²) in [6, 6.07) is 9.73. The van der Waals surface area contributed by atoms with Crippen molar-refractivity contribution in [1.82, 2.24) is 25.1 Å². The fourth-order valence-corrected chi connectivity index (χ4v) is 3.44. The van der Waals surface area contributed by atoms with Crippen molar-refractivity contribution in [2.75, 3.05) is 24.2 Å². The van der Waals surface area contributed by atoms with Crippen molar-refractivity contribution in [1.29, 1.82) is 0 Å². The van der Waals surface area contributed by atoms with Gasteiger partial charge in [-0.2, -0.15) is 5.10 Å². The Kier molecular flexibility index (Phi) is 7.46. The second-order valence-electron chi connectivity index (χ2n) is 7.18. The average molecular weight is 413 g/mol. The molecule has 3 rings (SSSR count). The fraction of sp³-hybridized carbons (Fsp3) is 0.429. The molecule has 0 bridgehead atoms. The van der Waals surface area contributed by atoms with Gasteiger partial charge in [-0.05, 0) is 17.2 Å². The normalized spacial score (nSPS) is 11.2. The third-order valence-electron chi connectivity index (χ3n) is 4.28. The summed E-state index contributed by atoms with van der Waals surface area (Å²) in [5.41, 5.74) is 1.80. The average Bonchev–Trinajstić information content (AvgIpc) is 3.10. The van der Waals surface area contributed by atoms with E-state index in [9.17, 15) is 4.79 Å². The Labute approximate surface area is 175 Å². The van der Waals surface area contributed by atoms with Gasteiger partial charge in [0.25, 0.3) is 0 Å². The zero-order chi connectivity index (χ0) is 20.6. The van der Waals surface area contributed by atoms with Crippen molar-refractivity contribution in [2.24, 2.45) is 5.92 Å². The van der Waals surface area contributed by atoms with Crippen molar-refractivity contribution in [3.05, 3.63) is 42.1 Å². The summed E-state index contributed by atoms with van der Waals surface area (Å²) in [6.07, 6.45) is 2.17. The maximum atomic E-state index is 12.2. The minimum atomic E-state index is 0.00352. The maximum absolute atomic E-state index is 12.2. The van der Waals surface area contributed by atoms with Gasteiger partial charge in [-0.1, -0.05) is 62.9 Å². The van der Waals surface area contributed by atoms with Gasteiger partial charge in [0.2, 0.25) is 5.91 Å². The smallest absolute Gasteiger partial charge is 0.224 e. The predicted molar refractivity (Wildman–Crippen MR) is 118 cm³/mol. The number of thioether (sulfide) groups is 1. The number of hydrogen-bond acceptors (Lipinski definition) is 6. The van der Waals surface area contributed by atoms with E-state index in [1.807, 2.05) is 35.0 Å². The van der Waals surface area contributed by atoms with Crippen LogP contribution in [0.15, 0.2) is 41.7 Å². The van der Waals surface area contributed by atoms with E-state index < -0.39 is 0 Å². The molecule has 7 nitrogen and oxygen atoms in total. The monoisotopic (exact) mass is 412 g/mol. The molecular weight excluding hydrogens is 384 g/mol. The molecule has 2 aromatic heterocycles. The Hall–Kier alpha value is -2.61. The van der Waals surface area contributed by atoms with Crippen LogP contribution >= 0.6 is 11.8 Å². The van der Waals surface area contributed by atoms with Crippen LogP contribution in [0.3, 0.4) is 0 Å². The molecule has 0 saturated carbocycles. The van der Waals surface area contributed by atoms with Crippen molar-refractivity contribution >= 4 is 34.5 Å². The minimum absolute atomic E-state index is 0.00352. The molecule has 154 valence electrons. The van der Waals surface area contributed by atoms with E-state index in [2.05, 4.69) is 46.5 Å². The Morgan fingerprint density at radius 1 is 1.21 bits per heavy atom. The highest BCUT2D eigenvalue weighted by atomic mass is 32.2. The third-order valence-corrected chi connectivity index (χ3v) is 5.01. The van der Waals surface area contributed by atoms with Gasteiger partial charge in [0, 0.05) is 13.1 Å². The van der Waals surface area contributed by atoms with Gasteiger partial charge in [0.1, 0.15) is 5.82 Å². The molecule has 2 heterocycles. The highest BCUT2D eigenvalue weighted by Crippen LogP contribution is 2.24. The summed E-state index contributed by atoms with van der Waals surface area (Å²) in [7, 11) is 0. The Morgan fingerprint density at radius 3 is 2.72 bits per heavy atom. The number of aromatic nitrogens is 4. The Morgan fingerprint density at radius 2 is 2.00 bits per heavy atom. The summed E-state index contributed by atoms with van der Waals surface area (Å²) in [5.74, 6) is 2.23. The zero-order valence-electron chi connectivity index (χ0n) is 17.2. The number of fused-ring (bicyclic) bond motifs is 1. The number of carbonyl (C=O) groups is 1. The van der Waals surface area contributed by atoms with E-state index >= 15 is 0 Å². The van der Waals surface area contributed by atoms with Crippen LogP contribution in [0, 0.1) is 5.92 Å². The molecule has 3 aromatic rings. The molecule has 1 aromatic carbocycles. The van der Waals surface area contributed by atoms with Crippen molar-refractivity contribution in [2.45, 2.75) is 38.9 Å². The number of rotatable bonds is 10. The first-order valence-electron chi connectivity index (χ1n) is 9.97. The summed E-state index contributed by atoms with van der Waals surface area (Å²) >= 11 is 1.61. The van der Waals surface area contributed by atoms with Crippen LogP contribution in [0.2, 0.25) is 0 Å². The first kappa shape index (κ1) is 21.1. The SMILES string of the molecule is CCSc1nc(NCC(C)C)c2cnn(CCNC(=O)Cc3ccccc3)c2n1. The second kappa shape index (κ2) is 10.2. The number of benzene rings is 1. The quantitative estimate of drug-likeness (QED) is 0.392. The van der Waals surface area contributed by atoms with E-state index in [1.54, 1.807) is 18.0 Å². The van der Waals surface area contributed by atoms with Crippen LogP contribution in [0.5, 0.6) is 0 Å². The highest BCUT2D eigenvalue weighted by molar-refractivity contribution is 7.99. The van der Waals surface area contributed by atoms with E-state index in [-0.39, 0.29) is 5.91 Å². The van der Waals surface area contributed by atoms with Gasteiger partial charge >= 0.3 is 0 Å². The molecule has 2 N–H and O–H groups in total. The van der Waals surface area contributed by atoms with Gasteiger partial charge in [-0.3, -0.25) is 4.79 Å². The second-order valence-corrected chi connectivity index (χ2v) is 8.41. The largest absolute Gasteiger partial charge is 0.369 e. The van der Waals surface area contributed by atoms with Crippen LogP contribution in [-0.4, -0.2) is 44.5 Å². The number of amides is 1. The number of hydrogen-bond donors (Lipinski definition) is 2. The van der Waals surface area contributed by atoms with E-state index in [0.717, 1.165) is 39.9 Å². The van der Waals surface area contributed by atoms with Gasteiger partial charge < -0.3 is 10.6 Å². The molecule has 0 aliphatic carbocycles. The standard InChI is InChI=1S/C21H28N6OS/c1-4-29-21-25-19(23-13-15(2)3)17-14-24-27(20(17)26-21)11-10-22-18(28)12-16-8-6-5-7-9-16/h5-9,14-15H,4,10-13H2,1-3H3,(H,22,28)(H,23,25,26). The van der Waals surface area contributed by atoms with Crippen LogP contribution < -0.4 is 10.6 Å². The predicted octanol–water partition coefficient (Wildman–Crippen LogP) is 3.37.